The molecular formula is C18H25NO2. The van der Waals surface area contributed by atoms with E-state index in [0.29, 0.717) is 13.2 Å². The van der Waals surface area contributed by atoms with E-state index in [0.717, 1.165) is 17.5 Å². The summed E-state index contributed by atoms with van der Waals surface area (Å²) >= 11 is 0. The molecule has 0 spiro atoms. The first-order valence-corrected chi connectivity index (χ1v) is 7.54. The molecule has 1 atom stereocenters. The van der Waals surface area contributed by atoms with Gasteiger partial charge in [-0.15, -0.1) is 0 Å². The predicted molar refractivity (Wildman–Crippen MR) is 87.5 cm³/mol. The molecule has 0 amide bonds. The summed E-state index contributed by atoms with van der Waals surface area (Å²) in [5, 5.41) is 12.8. The molecular weight excluding hydrogens is 262 g/mol. The SMILES string of the molecule is CC(C)OCCN(C)CC(O)c1cccc2ccccc12. The molecule has 2 aromatic rings. The highest BCUT2D eigenvalue weighted by molar-refractivity contribution is 5.85. The molecule has 2 rings (SSSR count). The van der Waals surface area contributed by atoms with Crippen LogP contribution in [0.1, 0.15) is 25.5 Å². The highest BCUT2D eigenvalue weighted by Gasteiger charge is 2.13. The van der Waals surface area contributed by atoms with Crippen molar-refractivity contribution in [3.8, 4) is 0 Å². The van der Waals surface area contributed by atoms with Gasteiger partial charge in [-0.1, -0.05) is 42.5 Å². The minimum Gasteiger partial charge on any atom is -0.387 e. The van der Waals surface area contributed by atoms with Crippen molar-refractivity contribution in [3.05, 3.63) is 48.0 Å². The van der Waals surface area contributed by atoms with E-state index in [1.165, 1.54) is 5.39 Å². The summed E-state index contributed by atoms with van der Waals surface area (Å²) in [4.78, 5) is 2.11. The maximum Gasteiger partial charge on any atom is 0.0922 e. The van der Waals surface area contributed by atoms with Crippen LogP contribution >= 0.6 is 0 Å². The Morgan fingerprint density at radius 3 is 2.57 bits per heavy atom. The zero-order chi connectivity index (χ0) is 15.2. The van der Waals surface area contributed by atoms with Gasteiger partial charge in [-0.05, 0) is 37.2 Å². The molecule has 114 valence electrons. The molecule has 0 heterocycles. The number of nitrogens with zero attached hydrogens (tertiary/aromatic N) is 1. The van der Waals surface area contributed by atoms with Crippen LogP contribution in [0.5, 0.6) is 0 Å². The van der Waals surface area contributed by atoms with Crippen molar-refractivity contribution in [1.82, 2.24) is 4.90 Å². The molecule has 0 aliphatic carbocycles. The second-order valence-electron chi connectivity index (χ2n) is 5.77. The average molecular weight is 287 g/mol. The normalized spacial score (nSPS) is 13.2. The first-order chi connectivity index (χ1) is 10.1. The molecule has 1 N–H and O–H groups in total. The van der Waals surface area contributed by atoms with E-state index in [-0.39, 0.29) is 6.10 Å². The third-order valence-electron chi connectivity index (χ3n) is 3.59. The van der Waals surface area contributed by atoms with Crippen molar-refractivity contribution < 1.29 is 9.84 Å². The van der Waals surface area contributed by atoms with Crippen LogP contribution in [0, 0.1) is 0 Å². The number of hydrogen-bond acceptors (Lipinski definition) is 3. The molecule has 0 saturated carbocycles. The summed E-state index contributed by atoms with van der Waals surface area (Å²) in [5.74, 6) is 0. The summed E-state index contributed by atoms with van der Waals surface area (Å²) in [5.41, 5.74) is 0.990. The highest BCUT2D eigenvalue weighted by Crippen LogP contribution is 2.24. The fourth-order valence-corrected chi connectivity index (χ4v) is 2.47. The number of aliphatic hydroxyl groups excluding tert-OH is 1. The van der Waals surface area contributed by atoms with Crippen LogP contribution in [0.15, 0.2) is 42.5 Å². The van der Waals surface area contributed by atoms with Gasteiger partial charge in [-0.25, -0.2) is 0 Å². The van der Waals surface area contributed by atoms with Crippen molar-refractivity contribution in [2.24, 2.45) is 0 Å². The van der Waals surface area contributed by atoms with Gasteiger partial charge in [0.1, 0.15) is 0 Å². The largest absolute Gasteiger partial charge is 0.387 e. The quantitative estimate of drug-likeness (QED) is 0.848. The fourth-order valence-electron chi connectivity index (χ4n) is 2.47. The molecule has 2 aromatic carbocycles. The molecule has 21 heavy (non-hydrogen) atoms. The summed E-state index contributed by atoms with van der Waals surface area (Å²) < 4.78 is 5.55. The Balaban J connectivity index is 2.00. The van der Waals surface area contributed by atoms with E-state index >= 15 is 0 Å². The van der Waals surface area contributed by atoms with Crippen molar-refractivity contribution >= 4 is 10.8 Å². The maximum atomic E-state index is 10.5. The van der Waals surface area contributed by atoms with Crippen molar-refractivity contribution in [2.75, 3.05) is 26.7 Å². The zero-order valence-corrected chi connectivity index (χ0v) is 13.1. The Hall–Kier alpha value is -1.42. The Morgan fingerprint density at radius 2 is 1.81 bits per heavy atom. The molecule has 0 aliphatic rings. The lowest BCUT2D eigenvalue weighted by Gasteiger charge is -2.22. The van der Waals surface area contributed by atoms with Crippen LogP contribution in [0.25, 0.3) is 10.8 Å². The van der Waals surface area contributed by atoms with Gasteiger partial charge in [0, 0.05) is 13.1 Å². The molecule has 1 unspecified atom stereocenters. The summed E-state index contributed by atoms with van der Waals surface area (Å²) in [6, 6.07) is 14.3. The van der Waals surface area contributed by atoms with E-state index in [2.05, 4.69) is 23.1 Å². The van der Waals surface area contributed by atoms with Gasteiger partial charge >= 0.3 is 0 Å². The first-order valence-electron chi connectivity index (χ1n) is 7.54. The number of rotatable bonds is 7. The molecule has 0 bridgehead atoms. The number of benzene rings is 2. The maximum absolute atomic E-state index is 10.5. The number of fused-ring (bicyclic) bond motifs is 1. The van der Waals surface area contributed by atoms with Gasteiger partial charge in [0.05, 0.1) is 18.8 Å². The first kappa shape index (κ1) is 16.0. The lowest BCUT2D eigenvalue weighted by molar-refractivity contribution is 0.0521. The molecule has 0 fully saturated rings. The monoisotopic (exact) mass is 287 g/mol. The Morgan fingerprint density at radius 1 is 1.10 bits per heavy atom. The standard InChI is InChI=1S/C18H25NO2/c1-14(2)21-12-11-19(3)13-18(20)17-10-6-8-15-7-4-5-9-16(15)17/h4-10,14,18,20H,11-13H2,1-3H3. The lowest BCUT2D eigenvalue weighted by Crippen LogP contribution is -2.28. The Bertz CT molecular complexity index is 563. The van der Waals surface area contributed by atoms with Crippen LogP contribution in [0.2, 0.25) is 0 Å². The molecule has 3 nitrogen and oxygen atoms in total. The Kier molecular flexibility index (Phi) is 5.74. The minimum atomic E-state index is -0.486. The van der Waals surface area contributed by atoms with Crippen molar-refractivity contribution in [3.63, 3.8) is 0 Å². The van der Waals surface area contributed by atoms with Crippen LogP contribution in [-0.4, -0.2) is 42.9 Å². The predicted octanol–water partition coefficient (Wildman–Crippen LogP) is 3.23. The van der Waals surface area contributed by atoms with Gasteiger partial charge in [-0.3, -0.25) is 0 Å². The molecule has 0 radical (unpaired) electrons. The van der Waals surface area contributed by atoms with Crippen molar-refractivity contribution in [1.29, 1.82) is 0 Å². The fraction of sp³-hybridized carbons (Fsp3) is 0.444. The third kappa shape index (κ3) is 4.53. The summed E-state index contributed by atoms with van der Waals surface area (Å²) in [7, 11) is 2.01. The number of likely N-dealkylation sites (N-methyl/N-ethyl adjacent to an activating group) is 1. The number of ether oxygens (including phenoxy) is 1. The van der Waals surface area contributed by atoms with Gasteiger partial charge in [0.15, 0.2) is 0 Å². The minimum absolute atomic E-state index is 0.251. The van der Waals surface area contributed by atoms with E-state index in [1.54, 1.807) is 0 Å². The highest BCUT2D eigenvalue weighted by atomic mass is 16.5. The topological polar surface area (TPSA) is 32.7 Å². The zero-order valence-electron chi connectivity index (χ0n) is 13.1. The van der Waals surface area contributed by atoms with Crippen LogP contribution in [0.4, 0.5) is 0 Å². The molecule has 0 aliphatic heterocycles. The van der Waals surface area contributed by atoms with Gasteiger partial charge in [-0.2, -0.15) is 0 Å². The van der Waals surface area contributed by atoms with E-state index in [4.69, 9.17) is 4.74 Å². The summed E-state index contributed by atoms with van der Waals surface area (Å²) in [6.45, 7) is 6.18. The third-order valence-corrected chi connectivity index (χ3v) is 3.59. The molecule has 0 saturated heterocycles. The number of hydrogen-bond donors (Lipinski definition) is 1. The lowest BCUT2D eigenvalue weighted by atomic mass is 10.0. The van der Waals surface area contributed by atoms with Gasteiger partial charge < -0.3 is 14.7 Å². The van der Waals surface area contributed by atoms with Crippen molar-refractivity contribution in [2.45, 2.75) is 26.1 Å². The van der Waals surface area contributed by atoms with Gasteiger partial charge in [0.2, 0.25) is 0 Å². The second kappa shape index (κ2) is 7.55. The molecule has 3 heteroatoms. The van der Waals surface area contributed by atoms with Gasteiger partial charge in [0.25, 0.3) is 0 Å². The average Bonchev–Trinajstić information content (AvgIpc) is 2.46. The van der Waals surface area contributed by atoms with E-state index < -0.39 is 6.10 Å². The van der Waals surface area contributed by atoms with Crippen LogP contribution < -0.4 is 0 Å². The van der Waals surface area contributed by atoms with E-state index in [9.17, 15) is 5.11 Å². The van der Waals surface area contributed by atoms with E-state index in [1.807, 2.05) is 45.2 Å². The summed E-state index contributed by atoms with van der Waals surface area (Å²) in [6.07, 6.45) is -0.235. The number of aliphatic hydroxyl groups is 1. The van der Waals surface area contributed by atoms with Crippen LogP contribution in [0.3, 0.4) is 0 Å². The van der Waals surface area contributed by atoms with Crippen LogP contribution in [-0.2, 0) is 4.74 Å². The smallest absolute Gasteiger partial charge is 0.0922 e. The Labute approximate surface area is 127 Å². The second-order valence-corrected chi connectivity index (χ2v) is 5.77. The molecule has 0 aromatic heterocycles.